The fourth-order valence-corrected chi connectivity index (χ4v) is 6.49. The maximum Gasteiger partial charge on any atom is 0.220 e. The Labute approximate surface area is 383 Å². The average Bonchev–Trinajstić information content (AvgIpc) is 3.28. The lowest BCUT2D eigenvalue weighted by Gasteiger charge is -2.19. The van der Waals surface area contributed by atoms with Crippen molar-refractivity contribution in [2.24, 2.45) is 0 Å². The topological polar surface area (TPSA) is 69.6 Å². The van der Waals surface area contributed by atoms with Gasteiger partial charge in [-0.15, -0.1) is 0 Å². The van der Waals surface area contributed by atoms with Gasteiger partial charge in [0.05, 0.1) is 18.8 Å². The molecule has 0 bridgehead atoms. The third kappa shape index (κ3) is 47.3. The summed E-state index contributed by atoms with van der Waals surface area (Å²) < 4.78 is 0. The highest BCUT2D eigenvalue weighted by molar-refractivity contribution is 5.76. The van der Waals surface area contributed by atoms with E-state index in [4.69, 9.17) is 0 Å². The molecule has 0 radical (unpaired) electrons. The molecule has 2 unspecified atom stereocenters. The van der Waals surface area contributed by atoms with Gasteiger partial charge in [0.25, 0.3) is 0 Å². The van der Waals surface area contributed by atoms with E-state index >= 15 is 0 Å². The predicted octanol–water partition coefficient (Wildman–Crippen LogP) is 16.5. The number of nitrogens with one attached hydrogen (secondary N) is 1. The van der Waals surface area contributed by atoms with Crippen LogP contribution in [-0.2, 0) is 4.79 Å². The maximum absolute atomic E-state index is 12.4. The molecule has 2 atom stereocenters. The summed E-state index contributed by atoms with van der Waals surface area (Å²) in [5.74, 6) is -0.0931. The van der Waals surface area contributed by atoms with E-state index in [0.29, 0.717) is 6.42 Å². The molecule has 0 spiro atoms. The molecule has 0 aromatic heterocycles. The number of amides is 1. The lowest BCUT2D eigenvalue weighted by molar-refractivity contribution is -0.123. The Morgan fingerprint density at radius 3 is 1.13 bits per heavy atom. The minimum atomic E-state index is -0.881. The highest BCUT2D eigenvalue weighted by Gasteiger charge is 2.17. The van der Waals surface area contributed by atoms with E-state index in [9.17, 15) is 15.0 Å². The van der Waals surface area contributed by atoms with Crippen molar-refractivity contribution in [1.82, 2.24) is 5.32 Å². The smallest absolute Gasteiger partial charge is 0.220 e. The van der Waals surface area contributed by atoms with Gasteiger partial charge < -0.3 is 15.5 Å². The first-order valence-corrected chi connectivity index (χ1v) is 25.0. The molecule has 348 valence electrons. The largest absolute Gasteiger partial charge is 0.394 e. The summed E-state index contributed by atoms with van der Waals surface area (Å²) in [4.78, 5) is 12.4. The zero-order valence-electron chi connectivity index (χ0n) is 39.8. The normalized spacial score (nSPS) is 14.2. The van der Waals surface area contributed by atoms with Crippen LogP contribution in [0.5, 0.6) is 0 Å². The van der Waals surface area contributed by atoms with Crippen LogP contribution in [0.3, 0.4) is 0 Å². The summed E-state index contributed by atoms with van der Waals surface area (Å²) in [5, 5.41) is 23.0. The Morgan fingerprint density at radius 2 is 0.726 bits per heavy atom. The number of unbranched alkanes of at least 4 members (excludes halogenated alkanes) is 14. The molecule has 0 heterocycles. The SMILES string of the molecule is CC/C=C\C/C=C\C/C=C\C/C=C\C/C=C\C/C=C\C/C=C\C/C=C\C/C=C\CCCCCCCCCCCC(=O)NC(CO)C(O)/C=C/CC/C=C/CC/C=C/CCCCC. The van der Waals surface area contributed by atoms with E-state index in [1.807, 2.05) is 6.08 Å². The molecule has 0 saturated carbocycles. The predicted molar refractivity (Wildman–Crippen MR) is 275 cm³/mol. The van der Waals surface area contributed by atoms with Crippen LogP contribution in [-0.4, -0.2) is 34.9 Å². The fraction of sp³-hybridized carbons (Fsp3) is 0.569. The molecule has 3 N–H and O–H groups in total. The summed E-state index contributed by atoms with van der Waals surface area (Å²) in [5.41, 5.74) is 0. The van der Waals surface area contributed by atoms with E-state index in [1.165, 1.54) is 70.6 Å². The Hall–Kier alpha value is -3.73. The third-order valence-electron chi connectivity index (χ3n) is 10.3. The van der Waals surface area contributed by atoms with Gasteiger partial charge in [-0.2, -0.15) is 0 Å². The zero-order chi connectivity index (χ0) is 44.9. The molecule has 0 fully saturated rings. The standard InChI is InChI=1S/C58H93NO3/c1-3-5-7-9-11-13-15-17-18-19-20-21-22-23-24-25-26-27-28-29-30-31-32-33-34-35-36-37-38-39-40-42-44-46-48-50-52-54-58(62)59-56(55-60)57(61)53-51-49-47-45-43-41-16-14-12-10-8-6-4-2/h5,7,11-14,17-18,20-21,23-24,26-27,29-30,32-33,35-36,43,45,51,53,56-57,60-61H,3-4,6,8-10,15-16,19,22,25,28,31,34,37-42,44,46-50,52,54-55H2,1-2H3,(H,59,62)/b7-5-,13-11-,14-12+,18-17-,21-20-,24-23-,27-26-,30-29-,33-32-,36-35-,45-43+,53-51+. The molecule has 0 aromatic carbocycles. The Morgan fingerprint density at radius 1 is 0.403 bits per heavy atom. The van der Waals surface area contributed by atoms with Crippen molar-refractivity contribution >= 4 is 5.91 Å². The minimum absolute atomic E-state index is 0.0931. The minimum Gasteiger partial charge on any atom is -0.394 e. The number of rotatable bonds is 43. The lowest BCUT2D eigenvalue weighted by Crippen LogP contribution is -2.45. The number of allylic oxidation sites excluding steroid dienone is 23. The molecule has 1 amide bonds. The second kappa shape index (κ2) is 51.6. The first-order valence-electron chi connectivity index (χ1n) is 25.0. The highest BCUT2D eigenvalue weighted by Crippen LogP contribution is 2.12. The number of carbonyl (C=O) groups is 1. The summed E-state index contributed by atoms with van der Waals surface area (Å²) in [6.45, 7) is 4.12. The maximum atomic E-state index is 12.4. The molecule has 0 rings (SSSR count). The van der Waals surface area contributed by atoms with Gasteiger partial charge in [-0.1, -0.05) is 217 Å². The number of hydrogen-bond acceptors (Lipinski definition) is 3. The zero-order valence-corrected chi connectivity index (χ0v) is 39.8. The number of aliphatic hydroxyl groups is 2. The fourth-order valence-electron chi connectivity index (χ4n) is 6.49. The van der Waals surface area contributed by atoms with Crippen LogP contribution in [0.4, 0.5) is 0 Å². The second-order valence-electron chi connectivity index (χ2n) is 16.1. The van der Waals surface area contributed by atoms with Gasteiger partial charge in [-0.05, 0) is 116 Å². The van der Waals surface area contributed by atoms with Gasteiger partial charge in [-0.3, -0.25) is 4.79 Å². The van der Waals surface area contributed by atoms with Gasteiger partial charge in [0.15, 0.2) is 0 Å². The summed E-state index contributed by atoms with van der Waals surface area (Å²) in [6.07, 6.45) is 82.6. The summed E-state index contributed by atoms with van der Waals surface area (Å²) >= 11 is 0. The molecule has 0 saturated heterocycles. The van der Waals surface area contributed by atoms with Crippen molar-refractivity contribution in [2.45, 2.75) is 206 Å². The number of aliphatic hydroxyl groups excluding tert-OH is 2. The van der Waals surface area contributed by atoms with Crippen molar-refractivity contribution < 1.29 is 15.0 Å². The molecule has 4 nitrogen and oxygen atoms in total. The van der Waals surface area contributed by atoms with Crippen molar-refractivity contribution in [3.05, 3.63) is 146 Å². The molecular weight excluding hydrogens is 759 g/mol. The van der Waals surface area contributed by atoms with Crippen molar-refractivity contribution in [3.63, 3.8) is 0 Å². The van der Waals surface area contributed by atoms with Crippen molar-refractivity contribution in [1.29, 1.82) is 0 Å². The first-order chi connectivity index (χ1) is 30.7. The molecular formula is C58H93NO3. The van der Waals surface area contributed by atoms with Crippen LogP contribution >= 0.6 is 0 Å². The van der Waals surface area contributed by atoms with Crippen LogP contribution in [0.25, 0.3) is 0 Å². The van der Waals surface area contributed by atoms with Gasteiger partial charge in [0.2, 0.25) is 5.91 Å². The quantitative estimate of drug-likeness (QED) is 0.0423. The average molecular weight is 852 g/mol. The van der Waals surface area contributed by atoms with E-state index in [2.05, 4.69) is 153 Å². The van der Waals surface area contributed by atoms with Crippen molar-refractivity contribution in [2.75, 3.05) is 6.61 Å². The van der Waals surface area contributed by atoms with Crippen LogP contribution in [0.1, 0.15) is 194 Å². The third-order valence-corrected chi connectivity index (χ3v) is 10.3. The first kappa shape index (κ1) is 58.3. The lowest BCUT2D eigenvalue weighted by atomic mass is 10.1. The van der Waals surface area contributed by atoms with E-state index in [0.717, 1.165) is 103 Å². The molecule has 0 aromatic rings. The van der Waals surface area contributed by atoms with Crippen LogP contribution in [0.2, 0.25) is 0 Å². The Bertz CT molecular complexity index is 1330. The highest BCUT2D eigenvalue weighted by atomic mass is 16.3. The number of hydrogen-bond donors (Lipinski definition) is 3. The summed E-state index contributed by atoms with van der Waals surface area (Å²) in [6, 6.07) is -0.658. The second-order valence-corrected chi connectivity index (χ2v) is 16.1. The van der Waals surface area contributed by atoms with Gasteiger partial charge in [0.1, 0.15) is 0 Å². The summed E-state index contributed by atoms with van der Waals surface area (Å²) in [7, 11) is 0. The molecule has 4 heteroatoms. The van der Waals surface area contributed by atoms with Crippen LogP contribution < -0.4 is 5.32 Å². The van der Waals surface area contributed by atoms with E-state index < -0.39 is 12.1 Å². The van der Waals surface area contributed by atoms with Crippen LogP contribution in [0, 0.1) is 0 Å². The molecule has 0 aliphatic heterocycles. The van der Waals surface area contributed by atoms with Gasteiger partial charge in [0, 0.05) is 6.42 Å². The Balaban J connectivity index is 3.67. The van der Waals surface area contributed by atoms with Crippen LogP contribution in [0.15, 0.2) is 146 Å². The van der Waals surface area contributed by atoms with E-state index in [1.54, 1.807) is 6.08 Å². The van der Waals surface area contributed by atoms with Crippen molar-refractivity contribution in [3.8, 4) is 0 Å². The molecule has 0 aliphatic rings. The Kier molecular flexibility index (Phi) is 48.5. The van der Waals surface area contributed by atoms with Gasteiger partial charge in [-0.25, -0.2) is 0 Å². The molecule has 62 heavy (non-hydrogen) atoms. The van der Waals surface area contributed by atoms with Gasteiger partial charge >= 0.3 is 0 Å². The van der Waals surface area contributed by atoms with E-state index in [-0.39, 0.29) is 12.5 Å². The molecule has 0 aliphatic carbocycles. The monoisotopic (exact) mass is 852 g/mol. The number of carbonyl (C=O) groups excluding carboxylic acids is 1.